The highest BCUT2D eigenvalue weighted by Gasteiger charge is 2.50. The van der Waals surface area contributed by atoms with Gasteiger partial charge in [0.25, 0.3) is 11.5 Å². The monoisotopic (exact) mass is 550 g/mol. The van der Waals surface area contributed by atoms with Gasteiger partial charge in [0.2, 0.25) is 5.95 Å². The highest BCUT2D eigenvalue weighted by atomic mass is 16.5. The molecular formula is C30H30N8O3. The molecule has 1 aromatic carbocycles. The van der Waals surface area contributed by atoms with Gasteiger partial charge in [-0.15, -0.1) is 0 Å². The van der Waals surface area contributed by atoms with Gasteiger partial charge in [-0.1, -0.05) is 18.2 Å². The first-order valence-corrected chi connectivity index (χ1v) is 14.2. The zero-order valence-corrected chi connectivity index (χ0v) is 22.8. The summed E-state index contributed by atoms with van der Waals surface area (Å²) in [5.41, 5.74) is 4.10. The molecule has 0 saturated heterocycles. The SMILES string of the molecule is CN1CCc2ccc(Nc3ncc4c(=O)n5n(c4n3)-c3ccc4c(n3)N(CCCC=CC5)C(=O)CO4)cc2C12CC2. The molecule has 41 heavy (non-hydrogen) atoms. The fourth-order valence-electron chi connectivity index (χ4n) is 6.47. The van der Waals surface area contributed by atoms with Crippen molar-refractivity contribution >= 4 is 34.4 Å². The second-order valence-electron chi connectivity index (χ2n) is 11.3. The van der Waals surface area contributed by atoms with Gasteiger partial charge in [0, 0.05) is 30.5 Å². The molecule has 8 rings (SSSR count). The number of hydrogen-bond donors (Lipinski definition) is 1. The van der Waals surface area contributed by atoms with Crippen molar-refractivity contribution in [2.45, 2.75) is 44.2 Å². The molecule has 0 radical (unpaired) electrons. The quantitative estimate of drug-likeness (QED) is 0.379. The number of rotatable bonds is 2. The van der Waals surface area contributed by atoms with Crippen molar-refractivity contribution in [1.29, 1.82) is 0 Å². The Labute approximate surface area is 236 Å². The molecule has 1 N–H and O–H groups in total. The average Bonchev–Trinajstić information content (AvgIpc) is 3.73. The van der Waals surface area contributed by atoms with E-state index in [2.05, 4.69) is 40.4 Å². The topological polar surface area (TPSA) is 110 Å². The number of amides is 1. The van der Waals surface area contributed by atoms with Gasteiger partial charge in [-0.3, -0.25) is 19.4 Å². The second kappa shape index (κ2) is 9.00. The van der Waals surface area contributed by atoms with Crippen molar-refractivity contribution in [3.05, 3.63) is 70.2 Å². The Morgan fingerprint density at radius 1 is 1.05 bits per heavy atom. The van der Waals surface area contributed by atoms with Crippen LogP contribution in [0.25, 0.3) is 16.9 Å². The van der Waals surface area contributed by atoms with Gasteiger partial charge in [-0.2, -0.15) is 4.98 Å². The molecule has 4 aromatic rings. The van der Waals surface area contributed by atoms with E-state index in [4.69, 9.17) is 14.7 Å². The lowest BCUT2D eigenvalue weighted by Gasteiger charge is -2.35. The van der Waals surface area contributed by atoms with Crippen LogP contribution in [0.15, 0.2) is 53.5 Å². The molecule has 6 heterocycles. The minimum absolute atomic E-state index is 0.0105. The number of pyridine rings is 1. The van der Waals surface area contributed by atoms with Gasteiger partial charge in [-0.05, 0) is 74.5 Å². The van der Waals surface area contributed by atoms with Gasteiger partial charge < -0.3 is 10.1 Å². The summed E-state index contributed by atoms with van der Waals surface area (Å²) in [6.07, 6.45) is 10.6. The Morgan fingerprint density at radius 3 is 2.83 bits per heavy atom. The second-order valence-corrected chi connectivity index (χ2v) is 11.3. The number of ether oxygens (including phenoxy) is 1. The van der Waals surface area contributed by atoms with E-state index in [1.54, 1.807) is 32.6 Å². The van der Waals surface area contributed by atoms with E-state index < -0.39 is 0 Å². The molecule has 1 fully saturated rings. The standard InChI is InChI=1S/C30H30N8O3/c1-35-15-10-19-6-7-20(16-22(19)30(35)11-12-30)32-29-31-17-21-26(34-29)38-24-9-8-23-27(33-24)36(25(39)18-41-23)13-4-2-3-5-14-37(38)28(21)40/h3,5-9,16-17H,2,4,10-15,18H2,1H3,(H,31,32,34). The van der Waals surface area contributed by atoms with Gasteiger partial charge in [-0.25, -0.2) is 19.3 Å². The van der Waals surface area contributed by atoms with Crippen molar-refractivity contribution in [2.75, 3.05) is 37.0 Å². The summed E-state index contributed by atoms with van der Waals surface area (Å²) in [5.74, 6) is 1.76. The number of benzene rings is 1. The van der Waals surface area contributed by atoms with Crippen LogP contribution in [0, 0.1) is 0 Å². The molecule has 0 unspecified atom stereocenters. The zero-order valence-electron chi connectivity index (χ0n) is 22.8. The zero-order chi connectivity index (χ0) is 27.7. The Morgan fingerprint density at radius 2 is 1.95 bits per heavy atom. The molecular weight excluding hydrogens is 520 g/mol. The largest absolute Gasteiger partial charge is 0.480 e. The molecule has 3 aromatic heterocycles. The number of hydrogen-bond acceptors (Lipinski definition) is 8. The number of anilines is 3. The minimum atomic E-state index is -0.204. The lowest BCUT2D eigenvalue weighted by molar-refractivity contribution is -0.121. The van der Waals surface area contributed by atoms with E-state index in [9.17, 15) is 9.59 Å². The van der Waals surface area contributed by atoms with E-state index >= 15 is 0 Å². The first-order valence-electron chi connectivity index (χ1n) is 14.2. The highest BCUT2D eigenvalue weighted by Crippen LogP contribution is 2.53. The molecule has 1 spiro atoms. The first-order chi connectivity index (χ1) is 20.0. The van der Waals surface area contributed by atoms with Crippen LogP contribution in [0.3, 0.4) is 0 Å². The molecule has 4 aliphatic rings. The highest BCUT2D eigenvalue weighted by molar-refractivity contribution is 5.96. The minimum Gasteiger partial charge on any atom is -0.480 e. The van der Waals surface area contributed by atoms with Crippen LogP contribution in [0.2, 0.25) is 0 Å². The molecule has 208 valence electrons. The lowest BCUT2D eigenvalue weighted by Crippen LogP contribution is -2.40. The maximum absolute atomic E-state index is 13.6. The average molecular weight is 551 g/mol. The van der Waals surface area contributed by atoms with Gasteiger partial charge in [0.15, 0.2) is 29.6 Å². The van der Waals surface area contributed by atoms with Crippen molar-refractivity contribution in [2.24, 2.45) is 0 Å². The maximum atomic E-state index is 13.6. The molecule has 1 saturated carbocycles. The smallest absolute Gasteiger partial charge is 0.278 e. The van der Waals surface area contributed by atoms with Crippen LogP contribution in [-0.2, 0) is 23.3 Å². The van der Waals surface area contributed by atoms with Gasteiger partial charge in [0.05, 0.1) is 6.54 Å². The first kappa shape index (κ1) is 24.3. The molecule has 1 amide bonds. The summed E-state index contributed by atoms with van der Waals surface area (Å²) in [6, 6.07) is 10.1. The van der Waals surface area contributed by atoms with Crippen LogP contribution < -0.4 is 20.5 Å². The summed E-state index contributed by atoms with van der Waals surface area (Å²) in [5, 5.41) is 3.78. The third-order valence-electron chi connectivity index (χ3n) is 8.86. The Kier molecular flexibility index (Phi) is 5.33. The number of nitrogens with one attached hydrogen (secondary N) is 1. The summed E-state index contributed by atoms with van der Waals surface area (Å²) in [7, 11) is 2.21. The number of aromatic nitrogens is 5. The number of allylic oxidation sites excluding steroid dienone is 2. The summed E-state index contributed by atoms with van der Waals surface area (Å²) >= 11 is 0. The summed E-state index contributed by atoms with van der Waals surface area (Å²) in [4.78, 5) is 44.6. The number of carbonyl (C=O) groups is 1. The molecule has 3 aliphatic heterocycles. The number of carbonyl (C=O) groups excluding carboxylic acids is 1. The van der Waals surface area contributed by atoms with Crippen molar-refractivity contribution in [3.8, 4) is 11.6 Å². The van der Waals surface area contributed by atoms with E-state index in [-0.39, 0.29) is 23.6 Å². The fraction of sp³-hybridized carbons (Fsp3) is 0.367. The molecule has 11 heteroatoms. The third-order valence-corrected chi connectivity index (χ3v) is 8.86. The number of fused-ring (bicyclic) bond motifs is 7. The number of nitrogens with zero attached hydrogens (tertiary/aromatic N) is 7. The summed E-state index contributed by atoms with van der Waals surface area (Å²) in [6.45, 7) is 1.97. The predicted molar refractivity (Wildman–Crippen MR) is 154 cm³/mol. The van der Waals surface area contributed by atoms with Gasteiger partial charge >= 0.3 is 0 Å². The fourth-order valence-corrected chi connectivity index (χ4v) is 6.47. The van der Waals surface area contributed by atoms with Crippen molar-refractivity contribution in [1.82, 2.24) is 29.2 Å². The van der Waals surface area contributed by atoms with Crippen LogP contribution >= 0.6 is 0 Å². The lowest BCUT2D eigenvalue weighted by atomic mass is 9.90. The molecule has 0 atom stereocenters. The van der Waals surface area contributed by atoms with Crippen LogP contribution in [-0.4, -0.2) is 61.9 Å². The van der Waals surface area contributed by atoms with Crippen LogP contribution in [0.1, 0.15) is 36.8 Å². The Balaban J connectivity index is 1.24. The van der Waals surface area contributed by atoms with Crippen molar-refractivity contribution < 1.29 is 9.53 Å². The van der Waals surface area contributed by atoms with Crippen molar-refractivity contribution in [3.63, 3.8) is 0 Å². The molecule has 11 nitrogen and oxygen atoms in total. The van der Waals surface area contributed by atoms with Crippen LogP contribution in [0.4, 0.5) is 17.5 Å². The third kappa shape index (κ3) is 3.79. The van der Waals surface area contributed by atoms with Crippen LogP contribution in [0.5, 0.6) is 5.75 Å². The molecule has 1 aliphatic carbocycles. The normalized spacial score (nSPS) is 19.2. The molecule has 2 bridgehead atoms. The number of likely N-dealkylation sites (N-methyl/N-ethyl adjacent to an activating group) is 1. The van der Waals surface area contributed by atoms with E-state index in [1.807, 2.05) is 12.2 Å². The van der Waals surface area contributed by atoms with E-state index in [0.29, 0.717) is 47.5 Å². The Hall–Kier alpha value is -4.51. The summed E-state index contributed by atoms with van der Waals surface area (Å²) < 4.78 is 8.99. The predicted octanol–water partition coefficient (Wildman–Crippen LogP) is 3.27. The Bertz CT molecular complexity index is 1820. The van der Waals surface area contributed by atoms with Gasteiger partial charge in [0.1, 0.15) is 5.39 Å². The maximum Gasteiger partial charge on any atom is 0.278 e. The van der Waals surface area contributed by atoms with E-state index in [0.717, 1.165) is 31.5 Å². The van der Waals surface area contributed by atoms with E-state index in [1.165, 1.54) is 24.0 Å².